The molecule has 360 valence electrons. The van der Waals surface area contributed by atoms with E-state index in [1.165, 1.54) is 0 Å². The van der Waals surface area contributed by atoms with Crippen LogP contribution in [0.1, 0.15) is 54.9 Å². The molecule has 0 unspecified atom stereocenters. The molecule has 19 heteroatoms. The molecule has 2 aromatic rings. The maximum absolute atomic E-state index is 12.2. The van der Waals surface area contributed by atoms with Crippen LogP contribution in [0.4, 0.5) is 21.0 Å². The van der Waals surface area contributed by atoms with Gasteiger partial charge in [0.05, 0.1) is 51.6 Å². The number of anilines is 2. The first-order valence-electron chi connectivity index (χ1n) is 21.4. The summed E-state index contributed by atoms with van der Waals surface area (Å²) in [5, 5.41) is 1.42. The van der Waals surface area contributed by atoms with E-state index < -0.39 is 11.2 Å². The molecule has 2 N–H and O–H groups in total. The summed E-state index contributed by atoms with van der Waals surface area (Å²) in [6, 6.07) is 11.3. The van der Waals surface area contributed by atoms with Crippen LogP contribution in [0.25, 0.3) is 0 Å². The highest BCUT2D eigenvalue weighted by Crippen LogP contribution is 2.29. The summed E-state index contributed by atoms with van der Waals surface area (Å²) in [7, 11) is 0. The average Bonchev–Trinajstić information content (AvgIpc) is 3.22. The fraction of sp³-hybridized carbons (Fsp3) is 0.682. The van der Waals surface area contributed by atoms with Crippen molar-refractivity contribution in [3.63, 3.8) is 0 Å². The molecule has 63 heavy (non-hydrogen) atoms. The van der Waals surface area contributed by atoms with Gasteiger partial charge in [-0.3, -0.25) is 0 Å². The number of rotatable bonds is 20. The van der Waals surface area contributed by atoms with Crippen molar-refractivity contribution >= 4 is 70.0 Å². The van der Waals surface area contributed by atoms with E-state index in [1.54, 1.807) is 21.9 Å². The van der Waals surface area contributed by atoms with E-state index in [2.05, 4.69) is 16.7 Å². The molecule has 2 heterocycles. The number of piperazine rings is 2. The number of hydrogen-bond acceptors (Lipinski definition) is 13. The van der Waals surface area contributed by atoms with Gasteiger partial charge in [-0.25, -0.2) is 9.59 Å². The Kier molecular flexibility index (Phi) is 27.8. The zero-order chi connectivity index (χ0) is 46.7. The lowest BCUT2D eigenvalue weighted by molar-refractivity contribution is 0.0230. The summed E-state index contributed by atoms with van der Waals surface area (Å²) < 4.78 is 44.1. The second-order valence-electron chi connectivity index (χ2n) is 16.2. The van der Waals surface area contributed by atoms with Crippen LogP contribution < -0.4 is 25.0 Å². The van der Waals surface area contributed by atoms with Crippen LogP contribution in [-0.2, 0) is 28.4 Å². The van der Waals surface area contributed by atoms with Gasteiger partial charge in [-0.1, -0.05) is 30.1 Å². The smallest absolute Gasteiger partial charge is 0.410 e. The van der Waals surface area contributed by atoms with Gasteiger partial charge in [0.15, 0.2) is 0 Å². The highest BCUT2D eigenvalue weighted by molar-refractivity contribution is 6.40. The predicted octanol–water partition coefficient (Wildman–Crippen LogP) is 8.41. The molecule has 2 saturated heterocycles. The van der Waals surface area contributed by atoms with E-state index in [1.807, 2.05) is 65.8 Å². The number of nitrogens with two attached hydrogens (primary N) is 1. The molecule has 0 bridgehead atoms. The lowest BCUT2D eigenvalue weighted by atomic mass is 10.2. The zero-order valence-corrected chi connectivity index (χ0v) is 41.3. The second kappa shape index (κ2) is 31.1. The minimum atomic E-state index is -0.491. The number of nitrogens with zero attached hydrogens (tertiary/aromatic N) is 4. The third-order valence-corrected chi connectivity index (χ3v) is 9.09. The van der Waals surface area contributed by atoms with Crippen molar-refractivity contribution in [2.75, 3.05) is 140 Å². The molecular formula is C44H71Cl4N5O10. The number of halogens is 4. The normalized spacial score (nSPS) is 14.3. The SMILES string of the molecule is CC(C)(C)OC(=O)N1CCN(c2cc(Cl)cc(OCCOCCOCCN)c2)CC1.CCCOCCOCCOc1cc(Cl)cc(N2CCN(C(=O)OC(C)(C)C)CC2)c1.ClCCl. The Labute approximate surface area is 395 Å². The van der Waals surface area contributed by atoms with Crippen LogP contribution >= 0.6 is 46.4 Å². The van der Waals surface area contributed by atoms with Crippen LogP contribution in [-0.4, -0.2) is 163 Å². The molecule has 2 aromatic carbocycles. The molecule has 15 nitrogen and oxygen atoms in total. The van der Waals surface area contributed by atoms with Crippen molar-refractivity contribution in [1.82, 2.24) is 9.80 Å². The maximum atomic E-state index is 12.2. The Morgan fingerprint density at radius 2 is 0.873 bits per heavy atom. The first-order chi connectivity index (χ1) is 30.0. The minimum absolute atomic E-state index is 0.194. The van der Waals surface area contributed by atoms with Crippen molar-refractivity contribution in [3.8, 4) is 11.5 Å². The molecule has 0 aliphatic carbocycles. The van der Waals surface area contributed by atoms with E-state index in [0.717, 1.165) is 24.4 Å². The number of carbonyl (C=O) groups excluding carboxylic acids is 2. The highest BCUT2D eigenvalue weighted by Gasteiger charge is 2.28. The number of hydrogen-bond donors (Lipinski definition) is 1. The largest absolute Gasteiger partial charge is 0.491 e. The zero-order valence-electron chi connectivity index (χ0n) is 38.3. The van der Waals surface area contributed by atoms with Crippen LogP contribution in [0.5, 0.6) is 11.5 Å². The van der Waals surface area contributed by atoms with E-state index in [4.69, 9.17) is 90.0 Å². The van der Waals surface area contributed by atoms with E-state index in [0.29, 0.717) is 140 Å². The van der Waals surface area contributed by atoms with Gasteiger partial charge in [-0.2, -0.15) is 0 Å². The van der Waals surface area contributed by atoms with Gasteiger partial charge in [0.1, 0.15) is 35.9 Å². The summed E-state index contributed by atoms with van der Waals surface area (Å²) in [6.07, 6.45) is 0.471. The van der Waals surface area contributed by atoms with E-state index in [-0.39, 0.29) is 17.5 Å². The number of benzene rings is 2. The Hall–Kier alpha value is -2.86. The lowest BCUT2D eigenvalue weighted by Crippen LogP contribution is -2.50. The molecule has 2 aliphatic heterocycles. The fourth-order valence-corrected chi connectivity index (χ4v) is 6.32. The average molecular weight is 972 g/mol. The first kappa shape index (κ1) is 56.3. The van der Waals surface area contributed by atoms with E-state index >= 15 is 0 Å². The molecule has 0 radical (unpaired) electrons. The van der Waals surface area contributed by atoms with Gasteiger partial charge in [-0.05, 0) is 72.2 Å². The van der Waals surface area contributed by atoms with E-state index in [9.17, 15) is 9.59 Å². The Morgan fingerprint density at radius 1 is 0.540 bits per heavy atom. The van der Waals surface area contributed by atoms with Crippen molar-refractivity contribution in [3.05, 3.63) is 46.4 Å². The van der Waals surface area contributed by atoms with Gasteiger partial charge >= 0.3 is 12.2 Å². The molecule has 4 rings (SSSR count). The van der Waals surface area contributed by atoms with Crippen LogP contribution in [0.2, 0.25) is 10.0 Å². The van der Waals surface area contributed by atoms with Crippen LogP contribution in [0.15, 0.2) is 36.4 Å². The number of carbonyl (C=O) groups is 2. The minimum Gasteiger partial charge on any atom is -0.491 e. The Bertz CT molecular complexity index is 1460. The third kappa shape index (κ3) is 25.4. The summed E-state index contributed by atoms with van der Waals surface area (Å²) in [5.41, 5.74) is 6.33. The quantitative estimate of drug-likeness (QED) is 0.100. The van der Waals surface area contributed by atoms with Crippen molar-refractivity contribution in [1.29, 1.82) is 0 Å². The second-order valence-corrected chi connectivity index (χ2v) is 17.9. The van der Waals surface area contributed by atoms with Crippen LogP contribution in [0.3, 0.4) is 0 Å². The highest BCUT2D eigenvalue weighted by atomic mass is 35.5. The molecule has 0 aromatic heterocycles. The summed E-state index contributed by atoms with van der Waals surface area (Å²) in [6.45, 7) is 24.3. The molecule has 0 atom stereocenters. The Morgan fingerprint density at radius 3 is 1.21 bits per heavy atom. The topological polar surface area (TPSA) is 147 Å². The molecule has 2 fully saturated rings. The number of ether oxygens (including phenoxy) is 8. The lowest BCUT2D eigenvalue weighted by Gasteiger charge is -2.36. The molecule has 2 aliphatic rings. The van der Waals surface area contributed by atoms with Gasteiger partial charge in [0.2, 0.25) is 0 Å². The predicted molar refractivity (Wildman–Crippen MR) is 253 cm³/mol. The summed E-state index contributed by atoms with van der Waals surface area (Å²) in [4.78, 5) is 32.3. The summed E-state index contributed by atoms with van der Waals surface area (Å²) >= 11 is 22.1. The number of alkyl halides is 2. The number of amides is 2. The molecule has 0 spiro atoms. The molecule has 2 amide bonds. The maximum Gasteiger partial charge on any atom is 0.410 e. The van der Waals surface area contributed by atoms with Crippen LogP contribution in [0, 0.1) is 0 Å². The first-order valence-corrected chi connectivity index (χ1v) is 23.3. The standard InChI is InChI=1S/C22H35ClN2O5.C21H34ClN3O5.CH2Cl2/c1-5-10-27-11-12-28-13-14-29-20-16-18(23)15-19(17-20)24-6-8-25(9-7-24)21(26)30-22(2,3)4;1-21(2,3)30-20(26)25-7-5-24(6-8-25)18-14-17(22)15-19(16-18)29-13-12-28-11-10-27-9-4-23;2-1-3/h15-17H,5-14H2,1-4H3;14-16H,4-13,23H2,1-3H3;1H2. The van der Waals surface area contributed by atoms with Crippen molar-refractivity contribution < 1.29 is 47.5 Å². The van der Waals surface area contributed by atoms with Crippen molar-refractivity contribution in [2.24, 2.45) is 5.73 Å². The van der Waals surface area contributed by atoms with Gasteiger partial charge < -0.3 is 63.2 Å². The fourth-order valence-electron chi connectivity index (χ4n) is 5.88. The monoisotopic (exact) mass is 969 g/mol. The van der Waals surface area contributed by atoms with Crippen molar-refractivity contribution in [2.45, 2.75) is 66.1 Å². The third-order valence-electron chi connectivity index (χ3n) is 8.65. The van der Waals surface area contributed by atoms with Gasteiger partial charge in [0.25, 0.3) is 0 Å². The van der Waals surface area contributed by atoms with Gasteiger partial charge in [0, 0.05) is 99.1 Å². The van der Waals surface area contributed by atoms with Gasteiger partial charge in [-0.15, -0.1) is 23.2 Å². The molecule has 0 saturated carbocycles. The summed E-state index contributed by atoms with van der Waals surface area (Å²) in [5.74, 6) is 1.40. The Balaban J connectivity index is 0.000000408. The molecular weight excluding hydrogens is 900 g/mol.